The molecule has 0 radical (unpaired) electrons. The number of ether oxygens (including phenoxy) is 3. The predicted octanol–water partition coefficient (Wildman–Crippen LogP) is 22.2. The molecule has 0 spiro atoms. The number of hydrogen-bond acceptors (Lipinski definition) is 6. The van der Waals surface area contributed by atoms with Crippen LogP contribution in [0, 0.1) is 0 Å². The number of esters is 3. The van der Waals surface area contributed by atoms with Crippen molar-refractivity contribution in [1.29, 1.82) is 0 Å². The van der Waals surface area contributed by atoms with Crippen molar-refractivity contribution in [3.8, 4) is 0 Å². The predicted molar refractivity (Wildman–Crippen MR) is 321 cm³/mol. The maximum absolute atomic E-state index is 12.9. The van der Waals surface area contributed by atoms with Crippen LogP contribution in [0.25, 0.3) is 0 Å². The fraction of sp³-hybridized carbons (Fsp3) is 0.838. The van der Waals surface area contributed by atoms with Crippen molar-refractivity contribution in [2.75, 3.05) is 13.2 Å². The summed E-state index contributed by atoms with van der Waals surface area (Å²) in [5.41, 5.74) is 0. The number of carbonyl (C=O) groups excluding carboxylic acids is 3. The van der Waals surface area contributed by atoms with E-state index < -0.39 is 6.10 Å². The van der Waals surface area contributed by atoms with Gasteiger partial charge in [-0.15, -0.1) is 0 Å². The lowest BCUT2D eigenvalue weighted by Gasteiger charge is -2.18. The smallest absolute Gasteiger partial charge is 0.306 e. The van der Waals surface area contributed by atoms with Crippen LogP contribution in [0.5, 0.6) is 0 Å². The molecule has 1 atom stereocenters. The summed E-state index contributed by atoms with van der Waals surface area (Å²) >= 11 is 0. The van der Waals surface area contributed by atoms with Gasteiger partial charge in [-0.3, -0.25) is 14.4 Å². The summed E-state index contributed by atoms with van der Waals surface area (Å²) < 4.78 is 16.9. The summed E-state index contributed by atoms with van der Waals surface area (Å²) in [4.78, 5) is 38.3. The van der Waals surface area contributed by atoms with Crippen LogP contribution in [0.15, 0.2) is 48.6 Å². The van der Waals surface area contributed by atoms with Gasteiger partial charge in [-0.1, -0.05) is 320 Å². The van der Waals surface area contributed by atoms with Crippen molar-refractivity contribution in [3.63, 3.8) is 0 Å². The first-order valence-electron chi connectivity index (χ1n) is 32.6. The lowest BCUT2D eigenvalue weighted by molar-refractivity contribution is -0.167. The van der Waals surface area contributed by atoms with E-state index in [9.17, 15) is 14.4 Å². The summed E-state index contributed by atoms with van der Waals surface area (Å²) in [5.74, 6) is -0.843. The van der Waals surface area contributed by atoms with Gasteiger partial charge in [-0.2, -0.15) is 0 Å². The third-order valence-corrected chi connectivity index (χ3v) is 14.6. The average Bonchev–Trinajstić information content (AvgIpc) is 3.40. The monoisotopic (exact) mass is 1040 g/mol. The van der Waals surface area contributed by atoms with Crippen molar-refractivity contribution in [2.45, 2.75) is 354 Å². The molecule has 0 aliphatic rings. The summed E-state index contributed by atoms with van der Waals surface area (Å²) in [5, 5.41) is 0. The Morgan fingerprint density at radius 3 is 0.824 bits per heavy atom. The Hall–Kier alpha value is -2.63. The Morgan fingerprint density at radius 2 is 0.527 bits per heavy atom. The molecule has 0 aliphatic heterocycles. The number of rotatable bonds is 60. The van der Waals surface area contributed by atoms with Crippen molar-refractivity contribution < 1.29 is 28.6 Å². The minimum Gasteiger partial charge on any atom is -0.462 e. The van der Waals surface area contributed by atoms with Gasteiger partial charge in [0.25, 0.3) is 0 Å². The second-order valence-corrected chi connectivity index (χ2v) is 22.0. The summed E-state index contributed by atoms with van der Waals surface area (Å²) in [7, 11) is 0. The average molecular weight is 1040 g/mol. The van der Waals surface area contributed by atoms with Gasteiger partial charge in [-0.05, 0) is 57.8 Å². The molecule has 0 saturated heterocycles. The van der Waals surface area contributed by atoms with Crippen LogP contribution < -0.4 is 0 Å². The number of unbranched alkanes of at least 4 members (excludes halogenated alkanes) is 41. The molecule has 0 N–H and O–H groups in total. The zero-order valence-electron chi connectivity index (χ0n) is 49.6. The minimum absolute atomic E-state index is 0.0666. The van der Waals surface area contributed by atoms with Crippen molar-refractivity contribution in [3.05, 3.63) is 48.6 Å². The Bertz CT molecular complexity index is 1280. The molecule has 432 valence electrons. The first-order valence-corrected chi connectivity index (χ1v) is 32.6. The highest BCUT2D eigenvalue weighted by molar-refractivity contribution is 5.71. The van der Waals surface area contributed by atoms with Crippen LogP contribution in [0.2, 0.25) is 0 Å². The highest BCUT2D eigenvalue weighted by atomic mass is 16.6. The molecule has 1 unspecified atom stereocenters. The second kappa shape index (κ2) is 62.9. The Labute approximate surface area is 460 Å². The molecule has 0 amide bonds. The van der Waals surface area contributed by atoms with Crippen molar-refractivity contribution in [2.24, 2.45) is 0 Å². The molecule has 0 heterocycles. The third kappa shape index (κ3) is 60.2. The first kappa shape index (κ1) is 71.4. The maximum atomic E-state index is 12.9. The number of carbonyl (C=O) groups is 3. The van der Waals surface area contributed by atoms with E-state index >= 15 is 0 Å². The maximum Gasteiger partial charge on any atom is 0.306 e. The topological polar surface area (TPSA) is 78.9 Å². The normalized spacial score (nSPS) is 12.3. The molecule has 0 bridgehead atoms. The largest absolute Gasteiger partial charge is 0.462 e. The highest BCUT2D eigenvalue weighted by Gasteiger charge is 2.19. The Kier molecular flexibility index (Phi) is 60.7. The molecular formula is C68H124O6. The Morgan fingerprint density at radius 1 is 0.284 bits per heavy atom. The van der Waals surface area contributed by atoms with E-state index in [1.807, 2.05) is 0 Å². The molecular weight excluding hydrogens is 913 g/mol. The Balaban J connectivity index is 4.20. The number of hydrogen-bond donors (Lipinski definition) is 0. The molecule has 74 heavy (non-hydrogen) atoms. The third-order valence-electron chi connectivity index (χ3n) is 14.6. The molecule has 0 aromatic rings. The molecule has 0 fully saturated rings. The second-order valence-electron chi connectivity index (χ2n) is 22.0. The van der Waals surface area contributed by atoms with Gasteiger partial charge in [0.2, 0.25) is 0 Å². The van der Waals surface area contributed by atoms with Gasteiger partial charge >= 0.3 is 17.9 Å². The molecule has 0 aromatic heterocycles. The fourth-order valence-corrected chi connectivity index (χ4v) is 9.73. The van der Waals surface area contributed by atoms with Crippen molar-refractivity contribution in [1.82, 2.24) is 0 Å². The molecule has 0 aromatic carbocycles. The molecule has 0 rings (SSSR count). The lowest BCUT2D eigenvalue weighted by atomic mass is 10.0. The number of allylic oxidation sites excluding steroid dienone is 8. The lowest BCUT2D eigenvalue weighted by Crippen LogP contribution is -2.30. The van der Waals surface area contributed by atoms with Gasteiger partial charge < -0.3 is 14.2 Å². The van der Waals surface area contributed by atoms with E-state index in [1.165, 1.54) is 225 Å². The van der Waals surface area contributed by atoms with Gasteiger partial charge in [0.05, 0.1) is 0 Å². The molecule has 0 saturated carbocycles. The quantitative estimate of drug-likeness (QED) is 0.0261. The standard InChI is InChI=1S/C68H124O6/c1-4-7-10-13-16-19-22-25-27-29-30-31-32-33-34-35-36-37-38-40-41-43-46-49-52-55-58-61-67(70)73-64-65(63-72-66(69)60-57-54-51-48-45-24-21-18-15-12-9-6-3)74-68(71)62-59-56-53-50-47-44-42-39-28-26-23-20-17-14-11-8-5-2/h7,10,16,19,25,27,30-31,65H,4-6,8-9,11-15,17-18,20-24,26,28-29,32-64H2,1-3H3/b10-7-,19-16-,27-25-,31-30-. The zero-order chi connectivity index (χ0) is 53.6. The van der Waals surface area contributed by atoms with E-state index in [-0.39, 0.29) is 31.1 Å². The van der Waals surface area contributed by atoms with E-state index in [0.717, 1.165) is 83.5 Å². The van der Waals surface area contributed by atoms with E-state index in [2.05, 4.69) is 69.4 Å². The summed E-state index contributed by atoms with van der Waals surface area (Å²) in [6.45, 7) is 6.58. The van der Waals surface area contributed by atoms with Crippen LogP contribution >= 0.6 is 0 Å². The van der Waals surface area contributed by atoms with Gasteiger partial charge in [0.15, 0.2) is 6.10 Å². The van der Waals surface area contributed by atoms with E-state index in [1.54, 1.807) is 0 Å². The van der Waals surface area contributed by atoms with E-state index in [4.69, 9.17) is 14.2 Å². The van der Waals surface area contributed by atoms with Crippen LogP contribution in [-0.2, 0) is 28.6 Å². The van der Waals surface area contributed by atoms with E-state index in [0.29, 0.717) is 19.3 Å². The van der Waals surface area contributed by atoms with Crippen LogP contribution in [0.4, 0.5) is 0 Å². The van der Waals surface area contributed by atoms with Crippen LogP contribution in [0.3, 0.4) is 0 Å². The summed E-state index contributed by atoms with van der Waals surface area (Å²) in [6.07, 6.45) is 78.4. The van der Waals surface area contributed by atoms with Crippen LogP contribution in [-0.4, -0.2) is 37.2 Å². The minimum atomic E-state index is -0.768. The SMILES string of the molecule is CC/C=C\C/C=C\C/C=C\C/C=C\CCCCCCCCCCCCCCCCC(=O)OCC(COC(=O)CCCCCCCCCCCCCC)OC(=O)CCCCCCCCCCCCCCCCCCC. The zero-order valence-corrected chi connectivity index (χ0v) is 49.6. The summed E-state index contributed by atoms with van der Waals surface area (Å²) in [6, 6.07) is 0. The highest BCUT2D eigenvalue weighted by Crippen LogP contribution is 2.18. The molecule has 6 nitrogen and oxygen atoms in total. The fourth-order valence-electron chi connectivity index (χ4n) is 9.73. The van der Waals surface area contributed by atoms with Gasteiger partial charge in [-0.25, -0.2) is 0 Å². The molecule has 6 heteroatoms. The van der Waals surface area contributed by atoms with Gasteiger partial charge in [0.1, 0.15) is 13.2 Å². The van der Waals surface area contributed by atoms with Crippen LogP contribution in [0.1, 0.15) is 348 Å². The van der Waals surface area contributed by atoms with Gasteiger partial charge in [0, 0.05) is 19.3 Å². The van der Waals surface area contributed by atoms with Crippen molar-refractivity contribution >= 4 is 17.9 Å². The first-order chi connectivity index (χ1) is 36.5. The molecule has 0 aliphatic carbocycles.